The van der Waals surface area contributed by atoms with E-state index in [1.165, 1.54) is 0 Å². The number of hydrogen-bond donors (Lipinski definition) is 3. The monoisotopic (exact) mass is 530 g/mol. The summed E-state index contributed by atoms with van der Waals surface area (Å²) in [6.07, 6.45) is 2.77. The fourth-order valence-electron chi connectivity index (χ4n) is 2.38. The quantitative estimate of drug-likeness (QED) is 0.400. The number of halogens is 1. The molecule has 1 heterocycles. The molecule has 0 fully saturated rings. The first-order chi connectivity index (χ1) is 14.2. The molecule has 0 spiro atoms. The first-order valence-electron chi connectivity index (χ1n) is 10.1. The highest BCUT2D eigenvalue weighted by Gasteiger charge is 2.17. The van der Waals surface area contributed by atoms with Crippen molar-refractivity contribution in [3.05, 3.63) is 52.5 Å². The minimum absolute atomic E-state index is 0. The van der Waals surface area contributed by atoms with E-state index in [1.54, 1.807) is 11.3 Å². The smallest absolute Gasteiger partial charge is 0.407 e. The molecule has 0 aliphatic heterocycles. The van der Waals surface area contributed by atoms with Gasteiger partial charge in [-0.25, -0.2) is 9.78 Å². The fraction of sp³-hybridized carbons (Fsp3) is 0.500. The van der Waals surface area contributed by atoms with Gasteiger partial charge in [-0.1, -0.05) is 70.2 Å². The highest BCUT2D eigenvalue weighted by molar-refractivity contribution is 8.93. The lowest BCUT2D eigenvalue weighted by molar-refractivity contribution is 0.133. The van der Waals surface area contributed by atoms with E-state index in [4.69, 9.17) is 28.4 Å². The van der Waals surface area contributed by atoms with Crippen LogP contribution in [0.25, 0.3) is 0 Å². The van der Waals surface area contributed by atoms with Crippen LogP contribution >= 0.6 is 40.5 Å². The third-order valence-electron chi connectivity index (χ3n) is 4.49. The molecule has 0 radical (unpaired) electrons. The topological polar surface area (TPSA) is 103 Å². The molecule has 0 saturated heterocycles. The first kappa shape index (κ1) is 29.5. The van der Waals surface area contributed by atoms with Gasteiger partial charge in [0.25, 0.3) is 0 Å². The zero-order valence-corrected chi connectivity index (χ0v) is 22.0. The lowest BCUT2D eigenvalue weighted by Crippen LogP contribution is -2.41. The molecule has 0 aliphatic rings. The number of benzene rings is 1. The van der Waals surface area contributed by atoms with Crippen molar-refractivity contribution in [2.24, 2.45) is 23.3 Å². The molecule has 0 saturated carbocycles. The number of ether oxygens (including phenoxy) is 1. The summed E-state index contributed by atoms with van der Waals surface area (Å²) in [6, 6.07) is 9.69. The van der Waals surface area contributed by atoms with Gasteiger partial charge in [0.05, 0.1) is 10.00 Å². The van der Waals surface area contributed by atoms with Crippen molar-refractivity contribution in [2.75, 3.05) is 0 Å². The molecular weight excluding hydrogens is 496 g/mol. The van der Waals surface area contributed by atoms with E-state index >= 15 is 0 Å². The average Bonchev–Trinajstić information content (AvgIpc) is 3.19. The molecule has 6 nitrogen and oxygen atoms in total. The largest absolute Gasteiger partial charge is 0.445 e. The number of thiazole rings is 1. The SMILES string of the molecule is Br.CC(C)[C@@H](CC(N)=S)NC(=O)OCc1ccccc1.CC(C)[C@H](N)Cc1nccs1. The molecule has 5 N–H and O–H groups in total. The number of carbonyl (C=O) groups excluding carboxylic acids is 1. The number of alkyl carbamates (subject to hydrolysis) is 1. The van der Waals surface area contributed by atoms with Crippen LogP contribution in [0.3, 0.4) is 0 Å². The lowest BCUT2D eigenvalue weighted by Gasteiger charge is -2.21. The lowest BCUT2D eigenvalue weighted by atomic mass is 10.0. The molecule has 0 bridgehead atoms. The number of amides is 1. The number of aromatic nitrogens is 1. The van der Waals surface area contributed by atoms with Crippen molar-refractivity contribution in [3.63, 3.8) is 0 Å². The summed E-state index contributed by atoms with van der Waals surface area (Å²) in [4.78, 5) is 16.3. The second-order valence-electron chi connectivity index (χ2n) is 7.76. The number of nitrogens with zero attached hydrogens (tertiary/aromatic N) is 1. The van der Waals surface area contributed by atoms with E-state index in [2.05, 4.69) is 24.1 Å². The third-order valence-corrected chi connectivity index (χ3v) is 5.46. The van der Waals surface area contributed by atoms with Crippen LogP contribution in [0.5, 0.6) is 0 Å². The molecule has 2 aromatic rings. The Hall–Kier alpha value is -1.55. The summed E-state index contributed by atoms with van der Waals surface area (Å²) < 4.78 is 5.16. The van der Waals surface area contributed by atoms with Crippen LogP contribution in [0.4, 0.5) is 4.79 Å². The van der Waals surface area contributed by atoms with Gasteiger partial charge in [-0.15, -0.1) is 28.3 Å². The fourth-order valence-corrected chi connectivity index (χ4v) is 3.25. The minimum Gasteiger partial charge on any atom is -0.445 e. The van der Waals surface area contributed by atoms with Gasteiger partial charge in [-0.05, 0) is 17.4 Å². The molecule has 31 heavy (non-hydrogen) atoms. The molecule has 2 rings (SSSR count). The predicted octanol–water partition coefficient (Wildman–Crippen LogP) is 4.86. The molecule has 0 unspecified atom stereocenters. The van der Waals surface area contributed by atoms with Crippen LogP contribution in [-0.2, 0) is 17.8 Å². The molecule has 2 atom stereocenters. The van der Waals surface area contributed by atoms with Crippen molar-refractivity contribution in [1.29, 1.82) is 0 Å². The summed E-state index contributed by atoms with van der Waals surface area (Å²) in [7, 11) is 0. The number of thiocarbonyl (C=S) groups is 1. The number of hydrogen-bond acceptors (Lipinski definition) is 6. The zero-order chi connectivity index (χ0) is 22.5. The Balaban J connectivity index is 0.000000640. The molecule has 1 aromatic heterocycles. The van der Waals surface area contributed by atoms with Crippen molar-refractivity contribution in [3.8, 4) is 0 Å². The molecular formula is C22H35BrN4O2S2. The van der Waals surface area contributed by atoms with Gasteiger partial charge in [0, 0.05) is 36.5 Å². The van der Waals surface area contributed by atoms with Crippen LogP contribution in [0.15, 0.2) is 41.9 Å². The van der Waals surface area contributed by atoms with E-state index < -0.39 is 6.09 Å². The van der Waals surface area contributed by atoms with E-state index in [0.717, 1.165) is 17.0 Å². The van der Waals surface area contributed by atoms with Crippen LogP contribution in [-0.4, -0.2) is 28.1 Å². The van der Waals surface area contributed by atoms with Crippen molar-refractivity contribution < 1.29 is 9.53 Å². The van der Waals surface area contributed by atoms with Gasteiger partial charge >= 0.3 is 6.09 Å². The summed E-state index contributed by atoms with van der Waals surface area (Å²) >= 11 is 6.55. The number of carbonyl (C=O) groups is 1. The normalized spacial score (nSPS) is 12.2. The Kier molecular flexibility index (Phi) is 15.3. The number of nitrogens with one attached hydrogen (secondary N) is 1. The van der Waals surface area contributed by atoms with E-state index in [9.17, 15) is 4.79 Å². The molecule has 174 valence electrons. The van der Waals surface area contributed by atoms with Crippen LogP contribution in [0, 0.1) is 11.8 Å². The van der Waals surface area contributed by atoms with Crippen LogP contribution in [0.1, 0.15) is 44.7 Å². The Morgan fingerprint density at radius 3 is 2.32 bits per heavy atom. The van der Waals surface area contributed by atoms with Crippen LogP contribution in [0.2, 0.25) is 0 Å². The third kappa shape index (κ3) is 13.5. The standard InChI is InChI=1S/C14H20N2O2S.C8H14N2S.BrH/c1-10(2)12(8-13(15)19)16-14(17)18-9-11-6-4-3-5-7-11;1-6(2)7(9)5-8-10-3-4-11-8;/h3-7,10,12H,8-9H2,1-2H3,(H2,15,19)(H,16,17);3-4,6-7H,5,9H2,1-2H3;1H/t12-;7-;/m11./s1. The van der Waals surface area contributed by atoms with Crippen molar-refractivity contribution >= 4 is 51.6 Å². The van der Waals surface area contributed by atoms with Crippen molar-refractivity contribution in [1.82, 2.24) is 10.3 Å². The summed E-state index contributed by atoms with van der Waals surface area (Å²) in [5.41, 5.74) is 12.3. The van der Waals surface area contributed by atoms with Gasteiger partial charge < -0.3 is 21.5 Å². The molecule has 0 aliphatic carbocycles. The second-order valence-corrected chi connectivity index (χ2v) is 9.27. The van der Waals surface area contributed by atoms with Crippen molar-refractivity contribution in [2.45, 2.75) is 59.2 Å². The zero-order valence-electron chi connectivity index (χ0n) is 18.6. The Morgan fingerprint density at radius 2 is 1.84 bits per heavy atom. The minimum atomic E-state index is -0.446. The maximum Gasteiger partial charge on any atom is 0.407 e. The Labute approximate surface area is 205 Å². The van der Waals surface area contributed by atoms with Crippen LogP contribution < -0.4 is 16.8 Å². The molecule has 9 heteroatoms. The maximum atomic E-state index is 11.7. The predicted molar refractivity (Wildman–Crippen MR) is 139 cm³/mol. The number of rotatable bonds is 9. The first-order valence-corrected chi connectivity index (χ1v) is 11.4. The summed E-state index contributed by atoms with van der Waals surface area (Å²) in [6.45, 7) is 8.53. The Morgan fingerprint density at radius 1 is 1.19 bits per heavy atom. The molecule has 1 aromatic carbocycles. The average molecular weight is 532 g/mol. The van der Waals surface area contributed by atoms with E-state index in [-0.39, 0.29) is 41.6 Å². The summed E-state index contributed by atoms with van der Waals surface area (Å²) in [5, 5.41) is 5.92. The van der Waals surface area contributed by atoms with E-state index in [1.807, 2.05) is 55.8 Å². The van der Waals surface area contributed by atoms with Gasteiger partial charge in [-0.2, -0.15) is 0 Å². The maximum absolute atomic E-state index is 11.7. The molecule has 1 amide bonds. The highest BCUT2D eigenvalue weighted by atomic mass is 79.9. The van der Waals surface area contributed by atoms with Gasteiger partial charge in [0.2, 0.25) is 0 Å². The summed E-state index contributed by atoms with van der Waals surface area (Å²) in [5.74, 6) is 0.782. The Bertz CT molecular complexity index is 743. The van der Waals surface area contributed by atoms with Gasteiger partial charge in [-0.3, -0.25) is 0 Å². The second kappa shape index (κ2) is 16.1. The van der Waals surface area contributed by atoms with E-state index in [0.29, 0.717) is 17.3 Å². The highest BCUT2D eigenvalue weighted by Crippen LogP contribution is 2.10. The van der Waals surface area contributed by atoms with Gasteiger partial charge in [0.15, 0.2) is 0 Å². The number of nitrogens with two attached hydrogens (primary N) is 2. The van der Waals surface area contributed by atoms with Gasteiger partial charge in [0.1, 0.15) is 6.61 Å².